The van der Waals surface area contributed by atoms with Crippen molar-refractivity contribution < 1.29 is 19.4 Å². The van der Waals surface area contributed by atoms with E-state index in [1.54, 1.807) is 0 Å². The molecule has 34 heavy (non-hydrogen) atoms. The molecule has 0 bridgehead atoms. The average Bonchev–Trinajstić information content (AvgIpc) is 3.32. The van der Waals surface area contributed by atoms with Gasteiger partial charge in [-0.25, -0.2) is 9.97 Å². The summed E-state index contributed by atoms with van der Waals surface area (Å²) >= 11 is 0. The van der Waals surface area contributed by atoms with E-state index in [1.807, 2.05) is 12.3 Å². The van der Waals surface area contributed by atoms with Crippen LogP contribution in [-0.2, 0) is 20.7 Å². The molecule has 0 amide bonds. The number of hydrogen-bond acceptors (Lipinski definition) is 6. The molecule has 5 rings (SSSR count). The predicted molar refractivity (Wildman–Crippen MR) is 130 cm³/mol. The number of H-pyrrole nitrogens is 1. The second-order valence-corrected chi connectivity index (χ2v) is 9.39. The van der Waals surface area contributed by atoms with Gasteiger partial charge in [-0.3, -0.25) is 4.79 Å². The van der Waals surface area contributed by atoms with Crippen LogP contribution in [0, 0.1) is 5.41 Å². The molecule has 1 aromatic carbocycles. The number of ether oxygens (including phenoxy) is 2. The molecule has 2 aromatic heterocycles. The van der Waals surface area contributed by atoms with E-state index < -0.39 is 11.4 Å². The molecular weight excluding hydrogens is 432 g/mol. The number of anilines is 1. The predicted octanol–water partition coefficient (Wildman–Crippen LogP) is 4.05. The van der Waals surface area contributed by atoms with E-state index >= 15 is 0 Å². The number of nitrogens with zero attached hydrogens (tertiary/aromatic N) is 3. The summed E-state index contributed by atoms with van der Waals surface area (Å²) in [6.45, 7) is 5.07. The number of piperidine rings is 1. The standard InChI is InChI=1S/C26H32N4O4/c1-2-18-3-5-21-22(15-18)29-24(28-21)19-4-6-23(27-16-19)30-11-7-20(8-12-30)34-17-26(25(31)32)9-13-33-14-10-26/h3-6,15-16,20H,2,7-14,17H2,1H3,(H,28,29)(H,31,32). The van der Waals surface area contributed by atoms with Crippen molar-refractivity contribution in [2.45, 2.75) is 45.1 Å². The first-order chi connectivity index (χ1) is 16.6. The number of aromatic nitrogens is 3. The van der Waals surface area contributed by atoms with Gasteiger partial charge in [-0.15, -0.1) is 0 Å². The quantitative estimate of drug-likeness (QED) is 0.544. The van der Waals surface area contributed by atoms with E-state index in [0.29, 0.717) is 26.1 Å². The average molecular weight is 465 g/mol. The monoisotopic (exact) mass is 464 g/mol. The first-order valence-electron chi connectivity index (χ1n) is 12.2. The van der Waals surface area contributed by atoms with Crippen LogP contribution in [0.4, 0.5) is 5.82 Å². The Bertz CT molecular complexity index is 1130. The number of aryl methyl sites for hydroxylation is 1. The van der Waals surface area contributed by atoms with E-state index in [0.717, 1.165) is 60.6 Å². The minimum Gasteiger partial charge on any atom is -0.481 e. The first kappa shape index (κ1) is 22.8. The molecule has 2 aliphatic heterocycles. The van der Waals surface area contributed by atoms with Crippen molar-refractivity contribution in [1.29, 1.82) is 0 Å². The maximum absolute atomic E-state index is 11.8. The number of fused-ring (bicyclic) bond motifs is 1. The van der Waals surface area contributed by atoms with Gasteiger partial charge >= 0.3 is 5.97 Å². The van der Waals surface area contributed by atoms with Gasteiger partial charge in [-0.2, -0.15) is 0 Å². The SMILES string of the molecule is CCc1ccc2nc(-c3ccc(N4CCC(OCC5(C(=O)O)CCOCC5)CC4)nc3)[nH]c2c1. The molecular formula is C26H32N4O4. The van der Waals surface area contributed by atoms with Crippen LogP contribution in [0.25, 0.3) is 22.4 Å². The molecule has 2 fully saturated rings. The molecule has 0 unspecified atom stereocenters. The second-order valence-electron chi connectivity index (χ2n) is 9.39. The number of carboxylic acid groups (broad SMARTS) is 1. The fourth-order valence-corrected chi connectivity index (χ4v) is 4.84. The number of aliphatic carboxylic acids is 1. The third-order valence-corrected chi connectivity index (χ3v) is 7.24. The van der Waals surface area contributed by atoms with E-state index in [2.05, 4.69) is 41.1 Å². The van der Waals surface area contributed by atoms with Gasteiger partial charge in [0.2, 0.25) is 0 Å². The van der Waals surface area contributed by atoms with Crippen molar-refractivity contribution in [3.63, 3.8) is 0 Å². The molecule has 2 saturated heterocycles. The zero-order chi connectivity index (χ0) is 23.5. The van der Waals surface area contributed by atoms with Gasteiger partial charge in [-0.05, 0) is 61.9 Å². The smallest absolute Gasteiger partial charge is 0.312 e. The van der Waals surface area contributed by atoms with Crippen LogP contribution in [0.5, 0.6) is 0 Å². The third-order valence-electron chi connectivity index (χ3n) is 7.24. The Labute approximate surface area is 199 Å². The van der Waals surface area contributed by atoms with Crippen LogP contribution in [-0.4, -0.2) is 65.0 Å². The number of imidazole rings is 1. The van der Waals surface area contributed by atoms with Crippen LogP contribution in [0.15, 0.2) is 36.5 Å². The molecule has 2 aliphatic rings. The maximum Gasteiger partial charge on any atom is 0.312 e. The fourth-order valence-electron chi connectivity index (χ4n) is 4.84. The zero-order valence-electron chi connectivity index (χ0n) is 19.6. The van der Waals surface area contributed by atoms with E-state index in [9.17, 15) is 9.90 Å². The minimum absolute atomic E-state index is 0.0816. The Morgan fingerprint density at radius 3 is 2.71 bits per heavy atom. The van der Waals surface area contributed by atoms with Crippen LogP contribution < -0.4 is 4.90 Å². The van der Waals surface area contributed by atoms with Crippen LogP contribution in [0.1, 0.15) is 38.2 Å². The molecule has 8 nitrogen and oxygen atoms in total. The Morgan fingerprint density at radius 2 is 2.03 bits per heavy atom. The minimum atomic E-state index is -0.804. The molecule has 0 atom stereocenters. The summed E-state index contributed by atoms with van der Waals surface area (Å²) in [6, 6.07) is 10.4. The van der Waals surface area contributed by atoms with Gasteiger partial charge in [0.1, 0.15) is 11.6 Å². The molecule has 8 heteroatoms. The topological polar surface area (TPSA) is 101 Å². The lowest BCUT2D eigenvalue weighted by molar-refractivity contribution is -0.163. The molecule has 3 aromatic rings. The summed E-state index contributed by atoms with van der Waals surface area (Å²) in [5, 5.41) is 9.72. The number of carboxylic acids is 1. The number of nitrogens with one attached hydrogen (secondary N) is 1. The summed E-state index contributed by atoms with van der Waals surface area (Å²) in [6.07, 6.45) is 5.71. The van der Waals surface area contributed by atoms with E-state index in [-0.39, 0.29) is 12.7 Å². The Hall–Kier alpha value is -2.97. The van der Waals surface area contributed by atoms with Crippen LogP contribution >= 0.6 is 0 Å². The molecule has 0 radical (unpaired) electrons. The van der Waals surface area contributed by atoms with Gasteiger partial charge in [0.15, 0.2) is 0 Å². The summed E-state index contributed by atoms with van der Waals surface area (Å²) in [7, 11) is 0. The van der Waals surface area contributed by atoms with Crippen molar-refractivity contribution in [3.8, 4) is 11.4 Å². The van der Waals surface area contributed by atoms with Gasteiger partial charge in [0, 0.05) is 38.1 Å². The lowest BCUT2D eigenvalue weighted by Crippen LogP contribution is -2.44. The Kier molecular flexibility index (Phi) is 6.52. The molecule has 4 heterocycles. The highest BCUT2D eigenvalue weighted by Crippen LogP contribution is 2.33. The molecule has 2 N–H and O–H groups in total. The van der Waals surface area contributed by atoms with Gasteiger partial charge in [0.05, 0.1) is 29.2 Å². The van der Waals surface area contributed by atoms with Crippen molar-refractivity contribution in [2.24, 2.45) is 5.41 Å². The van der Waals surface area contributed by atoms with Gasteiger partial charge in [0.25, 0.3) is 0 Å². The maximum atomic E-state index is 11.8. The number of rotatable bonds is 7. The molecule has 0 saturated carbocycles. The first-order valence-corrected chi connectivity index (χ1v) is 12.2. The Balaban J connectivity index is 1.17. The zero-order valence-corrected chi connectivity index (χ0v) is 19.6. The number of pyridine rings is 1. The van der Waals surface area contributed by atoms with Gasteiger partial charge < -0.3 is 24.5 Å². The van der Waals surface area contributed by atoms with Crippen molar-refractivity contribution in [3.05, 3.63) is 42.1 Å². The lowest BCUT2D eigenvalue weighted by atomic mass is 9.81. The van der Waals surface area contributed by atoms with Gasteiger partial charge in [-0.1, -0.05) is 13.0 Å². The van der Waals surface area contributed by atoms with Crippen LogP contribution in [0.2, 0.25) is 0 Å². The number of carbonyl (C=O) groups is 1. The number of aromatic amines is 1. The lowest BCUT2D eigenvalue weighted by Gasteiger charge is -2.37. The van der Waals surface area contributed by atoms with Crippen molar-refractivity contribution >= 4 is 22.8 Å². The molecule has 0 aliphatic carbocycles. The highest BCUT2D eigenvalue weighted by atomic mass is 16.5. The molecule has 180 valence electrons. The largest absolute Gasteiger partial charge is 0.481 e. The Morgan fingerprint density at radius 1 is 1.24 bits per heavy atom. The van der Waals surface area contributed by atoms with Crippen LogP contribution in [0.3, 0.4) is 0 Å². The highest BCUT2D eigenvalue weighted by Gasteiger charge is 2.41. The molecule has 0 spiro atoms. The number of hydrogen-bond donors (Lipinski definition) is 2. The second kappa shape index (κ2) is 9.72. The summed E-state index contributed by atoms with van der Waals surface area (Å²) < 4.78 is 11.5. The van der Waals surface area contributed by atoms with E-state index in [4.69, 9.17) is 19.4 Å². The summed E-state index contributed by atoms with van der Waals surface area (Å²) in [5.74, 6) is 1.00. The van der Waals surface area contributed by atoms with E-state index in [1.165, 1.54) is 5.56 Å². The summed E-state index contributed by atoms with van der Waals surface area (Å²) in [4.78, 5) is 26.9. The fraction of sp³-hybridized carbons (Fsp3) is 0.500. The van der Waals surface area contributed by atoms with Crippen molar-refractivity contribution in [2.75, 3.05) is 37.8 Å². The summed E-state index contributed by atoms with van der Waals surface area (Å²) in [5.41, 5.74) is 3.46. The van der Waals surface area contributed by atoms with Crippen molar-refractivity contribution in [1.82, 2.24) is 15.0 Å². The third kappa shape index (κ3) is 4.65. The number of benzene rings is 1. The normalized spacial score (nSPS) is 18.9. The highest BCUT2D eigenvalue weighted by molar-refractivity contribution is 5.80.